The highest BCUT2D eigenvalue weighted by molar-refractivity contribution is 7.99. The third kappa shape index (κ3) is 4.71. The van der Waals surface area contributed by atoms with Crippen LogP contribution < -0.4 is 10.9 Å². The minimum atomic E-state index is -2.84. The van der Waals surface area contributed by atoms with Gasteiger partial charge in [0.1, 0.15) is 17.0 Å². The van der Waals surface area contributed by atoms with Crippen LogP contribution in [0.15, 0.2) is 16.9 Å². The standard InChI is InChI=1S/C20H24F3N3O2S/c21-14-9-12(24-16-3-1-2-6-20(16,22)23)10-15-18(14)19(27)26-17(25-15)11-29-13-4-7-28-8-5-13/h9-10,13,16,24H,1-8,11H2,(H,25,26,27). The molecular weight excluding hydrogens is 403 g/mol. The van der Waals surface area contributed by atoms with Gasteiger partial charge < -0.3 is 15.0 Å². The molecule has 1 atom stereocenters. The Kier molecular flexibility index (Phi) is 6.06. The lowest BCUT2D eigenvalue weighted by molar-refractivity contribution is -0.0448. The molecule has 2 aliphatic rings. The predicted octanol–water partition coefficient (Wildman–Crippen LogP) is 4.46. The number of thioether (sulfide) groups is 1. The SMILES string of the molecule is O=c1[nH]c(CSC2CCOCC2)nc2cc(NC3CCCCC3(F)F)cc(F)c12. The summed E-state index contributed by atoms with van der Waals surface area (Å²) in [6.07, 6.45) is 3.23. The van der Waals surface area contributed by atoms with E-state index in [1.165, 1.54) is 6.07 Å². The van der Waals surface area contributed by atoms with Crippen LogP contribution in [0.1, 0.15) is 44.3 Å². The fourth-order valence-electron chi connectivity index (χ4n) is 3.94. The molecular formula is C20H24F3N3O2S. The number of rotatable bonds is 5. The highest BCUT2D eigenvalue weighted by Gasteiger charge is 2.41. The molecule has 29 heavy (non-hydrogen) atoms. The summed E-state index contributed by atoms with van der Waals surface area (Å²) >= 11 is 1.68. The van der Waals surface area contributed by atoms with Gasteiger partial charge in [-0.1, -0.05) is 6.42 Å². The molecule has 1 aliphatic carbocycles. The zero-order valence-electron chi connectivity index (χ0n) is 16.0. The lowest BCUT2D eigenvalue weighted by atomic mass is 9.91. The van der Waals surface area contributed by atoms with Gasteiger partial charge in [0.05, 0.1) is 17.3 Å². The first-order valence-corrected chi connectivity index (χ1v) is 11.0. The quantitative estimate of drug-likeness (QED) is 0.737. The van der Waals surface area contributed by atoms with E-state index >= 15 is 0 Å². The van der Waals surface area contributed by atoms with Gasteiger partial charge in [0, 0.05) is 30.6 Å². The number of alkyl halides is 2. The number of hydrogen-bond donors (Lipinski definition) is 2. The average Bonchev–Trinajstić information content (AvgIpc) is 2.68. The normalized spacial score (nSPS) is 22.7. The number of benzene rings is 1. The summed E-state index contributed by atoms with van der Waals surface area (Å²) in [7, 11) is 0. The van der Waals surface area contributed by atoms with Gasteiger partial charge in [-0.05, 0) is 37.8 Å². The molecule has 158 valence electrons. The van der Waals surface area contributed by atoms with Crippen LogP contribution >= 0.6 is 11.8 Å². The minimum absolute atomic E-state index is 0.147. The minimum Gasteiger partial charge on any atom is -0.381 e. The highest BCUT2D eigenvalue weighted by Crippen LogP contribution is 2.36. The Hall–Kier alpha value is -1.74. The first kappa shape index (κ1) is 20.5. The van der Waals surface area contributed by atoms with E-state index in [2.05, 4.69) is 15.3 Å². The second kappa shape index (κ2) is 8.55. The maximum atomic E-state index is 14.6. The van der Waals surface area contributed by atoms with E-state index in [-0.39, 0.29) is 23.0 Å². The largest absolute Gasteiger partial charge is 0.381 e. The first-order chi connectivity index (χ1) is 13.9. The molecule has 1 aromatic carbocycles. The molecule has 0 radical (unpaired) electrons. The molecule has 0 spiro atoms. The number of nitrogens with one attached hydrogen (secondary N) is 2. The summed E-state index contributed by atoms with van der Waals surface area (Å²) < 4.78 is 48.2. The number of halogens is 3. The maximum absolute atomic E-state index is 14.6. The van der Waals surface area contributed by atoms with Crippen LogP contribution in [0.3, 0.4) is 0 Å². The molecule has 2 N–H and O–H groups in total. The van der Waals surface area contributed by atoms with Crippen molar-refractivity contribution < 1.29 is 17.9 Å². The summed E-state index contributed by atoms with van der Waals surface area (Å²) in [5, 5.41) is 3.05. The Balaban J connectivity index is 1.56. The van der Waals surface area contributed by atoms with Crippen molar-refractivity contribution in [3.63, 3.8) is 0 Å². The van der Waals surface area contributed by atoms with E-state index in [0.717, 1.165) is 32.1 Å². The van der Waals surface area contributed by atoms with Crippen molar-refractivity contribution in [3.8, 4) is 0 Å². The molecule has 2 fully saturated rings. The Labute approximate surface area is 170 Å². The van der Waals surface area contributed by atoms with Crippen molar-refractivity contribution in [1.82, 2.24) is 9.97 Å². The van der Waals surface area contributed by atoms with Crippen LogP contribution in [-0.2, 0) is 10.5 Å². The van der Waals surface area contributed by atoms with Gasteiger partial charge >= 0.3 is 0 Å². The van der Waals surface area contributed by atoms with Crippen LogP contribution in [0.5, 0.6) is 0 Å². The Morgan fingerprint density at radius 3 is 2.79 bits per heavy atom. The molecule has 0 bridgehead atoms. The molecule has 1 unspecified atom stereocenters. The number of ether oxygens (including phenoxy) is 1. The van der Waals surface area contributed by atoms with Crippen LogP contribution in [-0.4, -0.2) is 40.4 Å². The Morgan fingerprint density at radius 2 is 2.03 bits per heavy atom. The van der Waals surface area contributed by atoms with Gasteiger partial charge in [-0.2, -0.15) is 11.8 Å². The molecule has 2 aromatic rings. The van der Waals surface area contributed by atoms with Crippen molar-refractivity contribution >= 4 is 28.4 Å². The molecule has 1 aromatic heterocycles. The number of H-pyrrole nitrogens is 1. The van der Waals surface area contributed by atoms with Crippen LogP contribution in [0.25, 0.3) is 10.9 Å². The zero-order chi connectivity index (χ0) is 20.4. The first-order valence-electron chi connectivity index (χ1n) is 9.98. The molecule has 2 heterocycles. The van der Waals surface area contributed by atoms with E-state index in [4.69, 9.17) is 4.74 Å². The Bertz CT molecular complexity index is 931. The van der Waals surface area contributed by atoms with Gasteiger partial charge in [-0.3, -0.25) is 4.79 Å². The number of fused-ring (bicyclic) bond motifs is 1. The number of aromatic nitrogens is 2. The third-order valence-electron chi connectivity index (χ3n) is 5.54. The van der Waals surface area contributed by atoms with Crippen molar-refractivity contribution in [3.05, 3.63) is 34.1 Å². The van der Waals surface area contributed by atoms with E-state index in [0.29, 0.717) is 36.1 Å². The summed E-state index contributed by atoms with van der Waals surface area (Å²) in [5.41, 5.74) is -0.148. The van der Waals surface area contributed by atoms with Crippen molar-refractivity contribution in [1.29, 1.82) is 0 Å². The maximum Gasteiger partial charge on any atom is 0.267 e. The van der Waals surface area contributed by atoms with E-state index < -0.39 is 23.3 Å². The lowest BCUT2D eigenvalue weighted by Gasteiger charge is -2.32. The molecule has 4 rings (SSSR count). The average molecular weight is 427 g/mol. The molecule has 1 saturated carbocycles. The number of nitrogens with zero attached hydrogens (tertiary/aromatic N) is 1. The van der Waals surface area contributed by atoms with E-state index in [1.807, 2.05) is 0 Å². The van der Waals surface area contributed by atoms with Gasteiger partial charge in [-0.25, -0.2) is 18.2 Å². The topological polar surface area (TPSA) is 67.0 Å². The Morgan fingerprint density at radius 1 is 1.24 bits per heavy atom. The molecule has 1 saturated heterocycles. The van der Waals surface area contributed by atoms with Crippen molar-refractivity contribution in [2.45, 2.75) is 61.5 Å². The smallest absolute Gasteiger partial charge is 0.267 e. The number of aromatic amines is 1. The third-order valence-corrected chi connectivity index (χ3v) is 6.92. The van der Waals surface area contributed by atoms with Gasteiger partial charge in [-0.15, -0.1) is 0 Å². The van der Waals surface area contributed by atoms with Crippen LogP contribution in [0.4, 0.5) is 18.9 Å². The second-order valence-electron chi connectivity index (χ2n) is 7.69. The van der Waals surface area contributed by atoms with Gasteiger partial charge in [0.25, 0.3) is 11.5 Å². The summed E-state index contributed by atoms with van der Waals surface area (Å²) in [4.78, 5) is 19.4. The number of hydrogen-bond acceptors (Lipinski definition) is 5. The van der Waals surface area contributed by atoms with Crippen LogP contribution in [0.2, 0.25) is 0 Å². The van der Waals surface area contributed by atoms with Crippen molar-refractivity contribution in [2.75, 3.05) is 18.5 Å². The molecule has 5 nitrogen and oxygen atoms in total. The molecule has 1 aliphatic heterocycles. The predicted molar refractivity (Wildman–Crippen MR) is 108 cm³/mol. The number of anilines is 1. The molecule has 0 amide bonds. The highest BCUT2D eigenvalue weighted by atomic mass is 32.2. The van der Waals surface area contributed by atoms with Crippen LogP contribution in [0, 0.1) is 5.82 Å². The zero-order valence-corrected chi connectivity index (χ0v) is 16.8. The van der Waals surface area contributed by atoms with Gasteiger partial charge in [0.15, 0.2) is 0 Å². The molecule has 9 heteroatoms. The monoisotopic (exact) mass is 427 g/mol. The summed E-state index contributed by atoms with van der Waals surface area (Å²) in [6.45, 7) is 1.46. The fraction of sp³-hybridized carbons (Fsp3) is 0.600. The second-order valence-corrected chi connectivity index (χ2v) is 8.98. The summed E-state index contributed by atoms with van der Waals surface area (Å²) in [5.74, 6) is -2.65. The van der Waals surface area contributed by atoms with E-state index in [9.17, 15) is 18.0 Å². The van der Waals surface area contributed by atoms with Crippen molar-refractivity contribution in [2.24, 2.45) is 0 Å². The fourth-order valence-corrected chi connectivity index (χ4v) is 4.99. The lowest BCUT2D eigenvalue weighted by Crippen LogP contribution is -2.42. The van der Waals surface area contributed by atoms with Gasteiger partial charge in [0.2, 0.25) is 0 Å². The summed E-state index contributed by atoms with van der Waals surface area (Å²) in [6, 6.07) is 1.54. The van der Waals surface area contributed by atoms with E-state index in [1.54, 1.807) is 11.8 Å².